The van der Waals surface area contributed by atoms with Gasteiger partial charge in [-0.2, -0.15) is 0 Å². The minimum atomic E-state index is -0.704. The van der Waals surface area contributed by atoms with Gasteiger partial charge in [0.2, 0.25) is 5.91 Å². The molecule has 47 heavy (non-hydrogen) atoms. The molecule has 0 aromatic carbocycles. The number of hydrogen-bond acceptors (Lipinski definition) is 4. The molecule has 0 radical (unpaired) electrons. The van der Waals surface area contributed by atoms with Gasteiger partial charge in [0.15, 0.2) is 0 Å². The van der Waals surface area contributed by atoms with Gasteiger partial charge >= 0.3 is 5.97 Å². The third kappa shape index (κ3) is 29.2. The van der Waals surface area contributed by atoms with Crippen LogP contribution in [0.25, 0.3) is 0 Å². The summed E-state index contributed by atoms with van der Waals surface area (Å²) in [5.41, 5.74) is 2.93. The van der Waals surface area contributed by atoms with Crippen molar-refractivity contribution in [2.45, 2.75) is 133 Å². The number of nitrogens with one attached hydrogen (secondary N) is 2. The highest BCUT2D eigenvalue weighted by Gasteiger charge is 2.25. The molecule has 0 spiro atoms. The van der Waals surface area contributed by atoms with Gasteiger partial charge < -0.3 is 15.7 Å². The number of likely N-dealkylation sites (tertiary alicyclic amines) is 1. The second-order valence-corrected chi connectivity index (χ2v) is 13.0. The van der Waals surface area contributed by atoms with E-state index >= 15 is 0 Å². The SMILES string of the molecule is C=C/C=C\C=C(/CN1CCCCCC1)C(CC(C)C)NC(=O)CCC(=C)/C=C\C(C)=C/C.CC.CCCC(C)(C)C(=O)O.CCNC. The van der Waals surface area contributed by atoms with Gasteiger partial charge in [0.05, 0.1) is 11.5 Å². The maximum absolute atomic E-state index is 12.9. The molecule has 1 fully saturated rings. The zero-order valence-electron chi connectivity index (χ0n) is 32.5. The van der Waals surface area contributed by atoms with E-state index in [1.807, 2.05) is 46.9 Å². The van der Waals surface area contributed by atoms with Crippen LogP contribution >= 0.6 is 0 Å². The number of carbonyl (C=O) groups is 2. The molecule has 0 aliphatic carbocycles. The van der Waals surface area contributed by atoms with E-state index in [-0.39, 0.29) is 11.9 Å². The zero-order chi connectivity index (χ0) is 36.7. The van der Waals surface area contributed by atoms with Crippen molar-refractivity contribution >= 4 is 11.9 Å². The van der Waals surface area contributed by atoms with Crippen LogP contribution in [0.15, 0.2) is 72.4 Å². The van der Waals surface area contributed by atoms with Crippen molar-refractivity contribution < 1.29 is 14.7 Å². The van der Waals surface area contributed by atoms with Crippen molar-refractivity contribution in [1.29, 1.82) is 0 Å². The Balaban J connectivity index is -0.00000107. The predicted molar refractivity (Wildman–Crippen MR) is 208 cm³/mol. The minimum Gasteiger partial charge on any atom is -0.481 e. The lowest BCUT2D eigenvalue weighted by Crippen LogP contribution is -2.41. The Morgan fingerprint density at radius 1 is 1.00 bits per heavy atom. The number of aliphatic carboxylic acids is 1. The quantitative estimate of drug-likeness (QED) is 0.136. The molecule has 1 heterocycles. The van der Waals surface area contributed by atoms with Gasteiger partial charge in [-0.15, -0.1) is 0 Å². The molecule has 0 bridgehead atoms. The summed E-state index contributed by atoms with van der Waals surface area (Å²) in [6, 6.07) is 0.0503. The average molecular weight is 658 g/mol. The van der Waals surface area contributed by atoms with E-state index in [1.54, 1.807) is 19.9 Å². The molecule has 6 nitrogen and oxygen atoms in total. The van der Waals surface area contributed by atoms with Gasteiger partial charge in [-0.3, -0.25) is 14.5 Å². The van der Waals surface area contributed by atoms with Crippen molar-refractivity contribution in [1.82, 2.24) is 15.5 Å². The van der Waals surface area contributed by atoms with Crippen LogP contribution in [0.2, 0.25) is 0 Å². The lowest BCUT2D eigenvalue weighted by molar-refractivity contribution is -0.147. The number of carboxylic acid groups (broad SMARTS) is 1. The van der Waals surface area contributed by atoms with Gasteiger partial charge in [0.1, 0.15) is 0 Å². The fourth-order valence-corrected chi connectivity index (χ4v) is 4.57. The summed E-state index contributed by atoms with van der Waals surface area (Å²) in [6.07, 6.45) is 23.0. The number of amides is 1. The third-order valence-corrected chi connectivity index (χ3v) is 7.67. The summed E-state index contributed by atoms with van der Waals surface area (Å²) < 4.78 is 0. The Morgan fingerprint density at radius 3 is 2.00 bits per heavy atom. The molecule has 1 amide bonds. The first-order valence-electron chi connectivity index (χ1n) is 18.1. The molecule has 1 rings (SSSR count). The van der Waals surface area contributed by atoms with Crippen LogP contribution in [0, 0.1) is 11.3 Å². The molecular weight excluding hydrogens is 582 g/mol. The first-order valence-corrected chi connectivity index (χ1v) is 18.1. The second-order valence-electron chi connectivity index (χ2n) is 13.0. The van der Waals surface area contributed by atoms with Crippen molar-refractivity contribution in [2.75, 3.05) is 33.2 Å². The first kappa shape index (κ1) is 48.7. The monoisotopic (exact) mass is 658 g/mol. The molecular formula is C41H75N3O3. The molecule has 0 aromatic heterocycles. The summed E-state index contributed by atoms with van der Waals surface area (Å²) in [5, 5.41) is 14.8. The predicted octanol–water partition coefficient (Wildman–Crippen LogP) is 10.1. The maximum atomic E-state index is 12.9. The topological polar surface area (TPSA) is 81.7 Å². The Bertz CT molecular complexity index is 947. The van der Waals surface area contributed by atoms with Crippen LogP contribution in [0.5, 0.6) is 0 Å². The molecule has 1 aliphatic rings. The molecule has 0 aromatic rings. The number of rotatable bonds is 17. The normalized spacial score (nSPS) is 15.0. The fourth-order valence-electron chi connectivity index (χ4n) is 4.57. The van der Waals surface area contributed by atoms with E-state index in [9.17, 15) is 9.59 Å². The average Bonchev–Trinajstić information content (AvgIpc) is 3.31. The van der Waals surface area contributed by atoms with E-state index < -0.39 is 11.4 Å². The second kappa shape index (κ2) is 31.9. The van der Waals surface area contributed by atoms with Gasteiger partial charge in [-0.1, -0.05) is 128 Å². The van der Waals surface area contributed by atoms with Crippen LogP contribution in [-0.2, 0) is 9.59 Å². The van der Waals surface area contributed by atoms with Crippen molar-refractivity contribution in [3.05, 3.63) is 72.4 Å². The lowest BCUT2D eigenvalue weighted by atomic mass is 9.88. The zero-order valence-corrected chi connectivity index (χ0v) is 32.5. The highest BCUT2D eigenvalue weighted by Crippen LogP contribution is 2.21. The van der Waals surface area contributed by atoms with Crippen LogP contribution in [0.4, 0.5) is 0 Å². The molecule has 1 atom stereocenters. The number of nitrogens with zero attached hydrogens (tertiary/aromatic N) is 1. The van der Waals surface area contributed by atoms with Crippen LogP contribution in [0.1, 0.15) is 127 Å². The summed E-state index contributed by atoms with van der Waals surface area (Å²) >= 11 is 0. The summed E-state index contributed by atoms with van der Waals surface area (Å²) in [6.45, 7) is 32.2. The molecule has 1 aliphatic heterocycles. The Kier molecular flexibility index (Phi) is 33.0. The number of carbonyl (C=O) groups excluding carboxylic acids is 1. The summed E-state index contributed by atoms with van der Waals surface area (Å²) in [7, 11) is 1.93. The number of carboxylic acids is 1. The Labute approximate surface area is 291 Å². The number of hydrogen-bond donors (Lipinski definition) is 3. The van der Waals surface area contributed by atoms with Crippen LogP contribution in [0.3, 0.4) is 0 Å². The summed E-state index contributed by atoms with van der Waals surface area (Å²) in [5.74, 6) is -0.107. The maximum Gasteiger partial charge on any atom is 0.309 e. The summed E-state index contributed by atoms with van der Waals surface area (Å²) in [4.78, 5) is 25.8. The van der Waals surface area contributed by atoms with E-state index in [4.69, 9.17) is 5.11 Å². The molecule has 1 saturated heterocycles. The van der Waals surface area contributed by atoms with Gasteiger partial charge in [0.25, 0.3) is 0 Å². The highest BCUT2D eigenvalue weighted by molar-refractivity contribution is 5.77. The van der Waals surface area contributed by atoms with Crippen molar-refractivity contribution in [3.63, 3.8) is 0 Å². The third-order valence-electron chi connectivity index (χ3n) is 7.67. The highest BCUT2D eigenvalue weighted by atomic mass is 16.4. The van der Waals surface area contributed by atoms with Crippen molar-refractivity contribution in [2.24, 2.45) is 11.3 Å². The smallest absolute Gasteiger partial charge is 0.309 e. The van der Waals surface area contributed by atoms with Gasteiger partial charge in [-0.25, -0.2) is 0 Å². The van der Waals surface area contributed by atoms with Gasteiger partial charge in [-0.05, 0) is 98.0 Å². The van der Waals surface area contributed by atoms with E-state index in [0.29, 0.717) is 18.8 Å². The largest absolute Gasteiger partial charge is 0.481 e. The molecule has 272 valence electrons. The Hall–Kier alpha value is -2.70. The molecule has 1 unspecified atom stereocenters. The fraction of sp³-hybridized carbons (Fsp3) is 0.659. The minimum absolute atomic E-state index is 0.0503. The number of allylic oxidation sites excluding steroid dienone is 9. The Morgan fingerprint density at radius 2 is 1.57 bits per heavy atom. The van der Waals surface area contributed by atoms with E-state index in [2.05, 4.69) is 80.7 Å². The molecule has 3 N–H and O–H groups in total. The first-order chi connectivity index (χ1) is 22.3. The van der Waals surface area contributed by atoms with Crippen molar-refractivity contribution in [3.8, 4) is 0 Å². The standard InChI is InChI=1S/C29H46N2O.C7H14O2.C3H9N.C2H6/c1-7-9-12-15-27(23-31-20-13-10-11-14-21-31)28(22-24(3)4)30-29(32)19-18-26(6)17-16-25(5)8-2;1-4-5-7(2,3)6(8)9;1-3-4-2;1-2/h7-9,12,15-17,24,28H,1,6,10-11,13-14,18-23H2,2-5H3,(H,30,32);4-5H2,1-3H3,(H,8,9);4H,3H2,1-2H3;1-2H3/b12-9-,17-16-,25-8-,27-15+;;;. The van der Waals surface area contributed by atoms with E-state index in [0.717, 1.165) is 51.0 Å². The van der Waals surface area contributed by atoms with Crippen LogP contribution in [-0.4, -0.2) is 61.2 Å². The lowest BCUT2D eigenvalue weighted by Gasteiger charge is -2.28. The van der Waals surface area contributed by atoms with E-state index in [1.165, 1.54) is 36.8 Å². The molecule has 0 saturated carbocycles. The van der Waals surface area contributed by atoms with Gasteiger partial charge in [0, 0.05) is 13.0 Å². The molecule has 6 heteroatoms. The van der Waals surface area contributed by atoms with Crippen LogP contribution < -0.4 is 10.6 Å².